The van der Waals surface area contributed by atoms with Gasteiger partial charge in [-0.3, -0.25) is 14.6 Å². The third-order valence-electron chi connectivity index (χ3n) is 3.46. The number of thioether (sulfide) groups is 1. The Balaban J connectivity index is 0.00000176. The van der Waals surface area contributed by atoms with Crippen LogP contribution in [0, 0.1) is 5.92 Å². The van der Waals surface area contributed by atoms with Crippen molar-refractivity contribution in [3.63, 3.8) is 0 Å². The summed E-state index contributed by atoms with van der Waals surface area (Å²) in [4.78, 5) is 28.7. The van der Waals surface area contributed by atoms with Crippen molar-refractivity contribution in [2.45, 2.75) is 20.8 Å². The van der Waals surface area contributed by atoms with E-state index in [-0.39, 0.29) is 30.1 Å². The minimum Gasteiger partial charge on any atom is -0.466 e. The number of hydrogen-bond donors (Lipinski definition) is 0. The molecule has 0 aliphatic heterocycles. The minimum atomic E-state index is -0.205. The highest BCUT2D eigenvalue weighted by atomic mass is 35.5. The maximum Gasteiger partial charge on any atom is 0.293 e. The fourth-order valence-electron chi connectivity index (χ4n) is 2.28. The zero-order chi connectivity index (χ0) is 20.2. The van der Waals surface area contributed by atoms with Gasteiger partial charge in [0.2, 0.25) is 5.91 Å². The molecule has 0 aromatic carbocycles. The number of nitrogens with zero attached hydrogens (tertiary/aromatic N) is 4. The molecule has 1 atom stereocenters. The molecular weight excluding hydrogens is 388 g/mol. The zero-order valence-corrected chi connectivity index (χ0v) is 17.5. The van der Waals surface area contributed by atoms with Crippen molar-refractivity contribution in [3.8, 4) is 5.69 Å². The van der Waals surface area contributed by atoms with Crippen molar-refractivity contribution in [3.05, 3.63) is 35.9 Å². The van der Waals surface area contributed by atoms with E-state index in [0.717, 1.165) is 5.69 Å². The van der Waals surface area contributed by atoms with Crippen molar-refractivity contribution in [1.82, 2.24) is 14.8 Å². The molecule has 27 heavy (non-hydrogen) atoms. The lowest BCUT2D eigenvalue weighted by Gasteiger charge is -2.24. The molecule has 0 saturated carbocycles. The molecule has 0 aliphatic rings. The second kappa shape index (κ2) is 12.3. The standard InChI is InChI=1S/C16H19ClN4O3S.C2H6/c1-12(10-25-2)16(23)20(6-7-24-11-22)14-9-21(19-15(14)17)13-4-3-5-18-8-13;1-2/h3-5,8-9,11-12H,6-7,10H2,1-2H3;1-2H3. The van der Waals surface area contributed by atoms with E-state index >= 15 is 0 Å². The van der Waals surface area contributed by atoms with Crippen molar-refractivity contribution in [2.75, 3.05) is 30.1 Å². The van der Waals surface area contributed by atoms with Gasteiger partial charge in [0.15, 0.2) is 5.15 Å². The maximum atomic E-state index is 12.8. The molecule has 1 amide bonds. The summed E-state index contributed by atoms with van der Waals surface area (Å²) in [6, 6.07) is 3.62. The van der Waals surface area contributed by atoms with Gasteiger partial charge >= 0.3 is 0 Å². The average Bonchev–Trinajstić information content (AvgIpc) is 3.09. The summed E-state index contributed by atoms with van der Waals surface area (Å²) in [5.41, 5.74) is 1.20. The summed E-state index contributed by atoms with van der Waals surface area (Å²) >= 11 is 7.85. The number of carbonyl (C=O) groups excluding carboxylic acids is 2. The normalized spacial score (nSPS) is 11.1. The van der Waals surface area contributed by atoms with Gasteiger partial charge in [-0.05, 0) is 18.4 Å². The first kappa shape index (κ1) is 23.0. The topological polar surface area (TPSA) is 77.3 Å². The van der Waals surface area contributed by atoms with Crippen LogP contribution in [0.15, 0.2) is 30.7 Å². The largest absolute Gasteiger partial charge is 0.466 e. The number of pyridine rings is 1. The molecule has 0 saturated heterocycles. The number of anilines is 1. The lowest BCUT2D eigenvalue weighted by atomic mass is 10.2. The predicted molar refractivity (Wildman–Crippen MR) is 110 cm³/mol. The van der Waals surface area contributed by atoms with Crippen LogP contribution >= 0.6 is 23.4 Å². The molecule has 7 nitrogen and oxygen atoms in total. The predicted octanol–water partition coefficient (Wildman–Crippen LogP) is 3.45. The second-order valence-electron chi connectivity index (χ2n) is 5.27. The smallest absolute Gasteiger partial charge is 0.293 e. The van der Waals surface area contributed by atoms with Gasteiger partial charge in [0.05, 0.1) is 24.6 Å². The molecule has 2 aromatic heterocycles. The Labute approximate surface area is 169 Å². The van der Waals surface area contributed by atoms with Crippen molar-refractivity contribution in [1.29, 1.82) is 0 Å². The average molecular weight is 413 g/mol. The van der Waals surface area contributed by atoms with Gasteiger partial charge < -0.3 is 9.64 Å². The lowest BCUT2D eigenvalue weighted by Crippen LogP contribution is -2.38. The maximum absolute atomic E-state index is 12.8. The van der Waals surface area contributed by atoms with Crippen LogP contribution in [0.5, 0.6) is 0 Å². The van der Waals surface area contributed by atoms with Crippen molar-refractivity contribution in [2.24, 2.45) is 5.92 Å². The molecular formula is C18H25ClN4O3S. The van der Waals surface area contributed by atoms with Gasteiger partial charge in [-0.15, -0.1) is 0 Å². The zero-order valence-electron chi connectivity index (χ0n) is 16.0. The highest BCUT2D eigenvalue weighted by molar-refractivity contribution is 7.98. The molecule has 2 aromatic rings. The minimum absolute atomic E-state index is 0.0790. The Bertz CT molecular complexity index is 712. The summed E-state index contributed by atoms with van der Waals surface area (Å²) in [7, 11) is 0. The summed E-state index contributed by atoms with van der Waals surface area (Å²) in [6.45, 7) is 6.49. The number of amides is 1. The summed E-state index contributed by atoms with van der Waals surface area (Å²) in [5, 5.41) is 4.44. The quantitative estimate of drug-likeness (QED) is 0.463. The summed E-state index contributed by atoms with van der Waals surface area (Å²) in [6.07, 6.45) is 6.92. The van der Waals surface area contributed by atoms with Crippen molar-refractivity contribution < 1.29 is 14.3 Å². The summed E-state index contributed by atoms with van der Waals surface area (Å²) in [5.74, 6) is 0.374. The first-order chi connectivity index (χ1) is 13.1. The Kier molecular flexibility index (Phi) is 10.5. The fourth-order valence-corrected chi connectivity index (χ4v) is 3.15. The number of ether oxygens (including phenoxy) is 1. The molecule has 0 fully saturated rings. The van der Waals surface area contributed by atoms with Crippen LogP contribution in [0.25, 0.3) is 5.69 Å². The van der Waals surface area contributed by atoms with Crippen LogP contribution in [0.2, 0.25) is 5.15 Å². The molecule has 0 radical (unpaired) electrons. The van der Waals surface area contributed by atoms with Crippen LogP contribution in [-0.2, 0) is 14.3 Å². The molecule has 0 bridgehead atoms. The van der Waals surface area contributed by atoms with E-state index in [1.54, 1.807) is 41.1 Å². The number of hydrogen-bond acceptors (Lipinski definition) is 6. The van der Waals surface area contributed by atoms with E-state index in [0.29, 0.717) is 17.9 Å². The number of halogens is 1. The van der Waals surface area contributed by atoms with E-state index < -0.39 is 0 Å². The van der Waals surface area contributed by atoms with Crippen LogP contribution in [-0.4, -0.2) is 52.3 Å². The van der Waals surface area contributed by atoms with Crippen LogP contribution in [0.3, 0.4) is 0 Å². The van der Waals surface area contributed by atoms with E-state index in [4.69, 9.17) is 16.3 Å². The van der Waals surface area contributed by atoms with Crippen LogP contribution in [0.1, 0.15) is 20.8 Å². The van der Waals surface area contributed by atoms with Gasteiger partial charge in [-0.25, -0.2) is 4.68 Å². The molecule has 0 aliphatic carbocycles. The first-order valence-corrected chi connectivity index (χ1v) is 10.4. The molecule has 9 heteroatoms. The molecule has 0 N–H and O–H groups in total. The number of rotatable bonds is 9. The van der Waals surface area contributed by atoms with E-state index in [9.17, 15) is 9.59 Å². The van der Waals surface area contributed by atoms with Crippen molar-refractivity contribution >= 4 is 41.4 Å². The lowest BCUT2D eigenvalue weighted by molar-refractivity contribution is -0.129. The Morgan fingerprint density at radius 1 is 1.48 bits per heavy atom. The van der Waals surface area contributed by atoms with E-state index in [1.165, 1.54) is 4.90 Å². The number of carbonyl (C=O) groups is 2. The molecule has 2 rings (SSSR count). The van der Waals surface area contributed by atoms with Gasteiger partial charge in [0.1, 0.15) is 12.3 Å². The van der Waals surface area contributed by atoms with Gasteiger partial charge in [-0.2, -0.15) is 16.9 Å². The fraction of sp³-hybridized carbons (Fsp3) is 0.444. The molecule has 148 valence electrons. The van der Waals surface area contributed by atoms with Gasteiger partial charge in [0.25, 0.3) is 6.47 Å². The SMILES string of the molecule is CC.CSCC(C)C(=O)N(CCOC=O)c1cn(-c2cccnc2)nc1Cl. The highest BCUT2D eigenvalue weighted by Crippen LogP contribution is 2.27. The van der Waals surface area contributed by atoms with Crippen LogP contribution < -0.4 is 4.90 Å². The van der Waals surface area contributed by atoms with E-state index in [1.807, 2.05) is 33.1 Å². The molecule has 2 heterocycles. The molecule has 1 unspecified atom stereocenters. The first-order valence-electron chi connectivity index (χ1n) is 8.59. The van der Waals surface area contributed by atoms with E-state index in [2.05, 4.69) is 10.1 Å². The highest BCUT2D eigenvalue weighted by Gasteiger charge is 2.25. The Morgan fingerprint density at radius 3 is 2.81 bits per heavy atom. The molecule has 0 spiro atoms. The van der Waals surface area contributed by atoms with Crippen LogP contribution in [0.4, 0.5) is 5.69 Å². The Hall–Kier alpha value is -2.06. The summed E-state index contributed by atoms with van der Waals surface area (Å²) < 4.78 is 6.31. The van der Waals surface area contributed by atoms with Gasteiger partial charge in [-0.1, -0.05) is 32.4 Å². The second-order valence-corrected chi connectivity index (χ2v) is 6.54. The van der Waals surface area contributed by atoms with Gasteiger partial charge in [0, 0.05) is 17.9 Å². The monoisotopic (exact) mass is 412 g/mol. The third kappa shape index (κ3) is 6.55. The number of aromatic nitrogens is 3. The Morgan fingerprint density at radius 2 is 2.22 bits per heavy atom. The third-order valence-corrected chi connectivity index (χ3v) is 4.56.